The molecule has 1 heterocycles. The second kappa shape index (κ2) is 13.2. The van der Waals surface area contributed by atoms with E-state index in [1.54, 1.807) is 0 Å². The maximum Gasteiger partial charge on any atom is 0.101 e. The molecule has 34 heavy (non-hydrogen) atoms. The van der Waals surface area contributed by atoms with Crippen LogP contribution in [-0.4, -0.2) is 37.4 Å². The van der Waals surface area contributed by atoms with Crippen molar-refractivity contribution in [3.8, 4) is 0 Å². The first-order valence-electron chi connectivity index (χ1n) is 13.2. The number of thioether (sulfide) groups is 1. The van der Waals surface area contributed by atoms with E-state index < -0.39 is 0 Å². The summed E-state index contributed by atoms with van der Waals surface area (Å²) in [5.41, 5.74) is 5.46. The lowest BCUT2D eigenvalue weighted by Crippen LogP contribution is -2.39. The Bertz CT molecular complexity index is 856. The maximum atomic E-state index is 4.54. The molecule has 1 aliphatic carbocycles. The number of anilines is 1. The molecular weight excluding hydrogens is 453 g/mol. The minimum atomic E-state index is 0.00562. The van der Waals surface area contributed by atoms with Gasteiger partial charge in [-0.15, -0.1) is 23.1 Å². The summed E-state index contributed by atoms with van der Waals surface area (Å²) in [4.78, 5) is 8.36. The normalized spacial score (nSPS) is 15.9. The maximum absolute atomic E-state index is 4.54. The van der Waals surface area contributed by atoms with Crippen LogP contribution in [0.5, 0.6) is 0 Å². The van der Waals surface area contributed by atoms with Crippen LogP contribution in [-0.2, 0) is 12.8 Å². The molecule has 1 aromatic heterocycles. The van der Waals surface area contributed by atoms with Gasteiger partial charge in [0.1, 0.15) is 12.8 Å². The lowest BCUT2D eigenvalue weighted by atomic mass is 9.92. The summed E-state index contributed by atoms with van der Waals surface area (Å²) in [6, 6.07) is 0.444. The molecule has 190 valence electrons. The third-order valence-electron chi connectivity index (χ3n) is 6.75. The summed E-state index contributed by atoms with van der Waals surface area (Å²) in [6.07, 6.45) is 11.5. The minimum absolute atomic E-state index is 0.00562. The number of fused-ring (bicyclic) bond motifs is 1. The van der Waals surface area contributed by atoms with Gasteiger partial charge in [0.25, 0.3) is 0 Å². The van der Waals surface area contributed by atoms with E-state index in [-0.39, 0.29) is 10.1 Å². The van der Waals surface area contributed by atoms with Crippen LogP contribution in [0.15, 0.2) is 23.7 Å². The second-order valence-electron chi connectivity index (χ2n) is 10.6. The third kappa shape index (κ3) is 7.19. The van der Waals surface area contributed by atoms with Gasteiger partial charge >= 0.3 is 0 Å². The Hall–Kier alpha value is -1.14. The molecule has 1 aromatic rings. The smallest absolute Gasteiger partial charge is 0.101 e. The van der Waals surface area contributed by atoms with Crippen molar-refractivity contribution in [1.29, 1.82) is 0 Å². The first kappa shape index (κ1) is 29.1. The fraction of sp³-hybridized carbons (Fsp3) is 0.679. The van der Waals surface area contributed by atoms with E-state index in [1.807, 2.05) is 30.1 Å². The molecule has 0 bridgehead atoms. The second-order valence-corrected chi connectivity index (χ2v) is 13.3. The molecule has 0 saturated carbocycles. The Morgan fingerprint density at radius 2 is 1.88 bits per heavy atom. The average Bonchev–Trinajstić information content (AvgIpc) is 3.16. The van der Waals surface area contributed by atoms with Crippen LogP contribution in [0.4, 0.5) is 5.00 Å². The van der Waals surface area contributed by atoms with Crippen molar-refractivity contribution in [2.45, 2.75) is 109 Å². The lowest BCUT2D eigenvalue weighted by molar-refractivity contribution is 0.610. The Morgan fingerprint density at radius 1 is 1.24 bits per heavy atom. The van der Waals surface area contributed by atoms with E-state index in [9.17, 15) is 0 Å². The van der Waals surface area contributed by atoms with E-state index >= 15 is 0 Å². The quantitative estimate of drug-likeness (QED) is 0.0951. The van der Waals surface area contributed by atoms with Gasteiger partial charge in [-0.25, -0.2) is 0 Å². The zero-order chi connectivity index (χ0) is 25.5. The molecule has 6 heteroatoms. The van der Waals surface area contributed by atoms with Crippen LogP contribution in [0.3, 0.4) is 0 Å². The van der Waals surface area contributed by atoms with Crippen molar-refractivity contribution >= 4 is 48.0 Å². The van der Waals surface area contributed by atoms with Crippen LogP contribution in [0.2, 0.25) is 6.32 Å². The van der Waals surface area contributed by atoms with Crippen LogP contribution < -0.4 is 10.2 Å². The van der Waals surface area contributed by atoms with Crippen molar-refractivity contribution in [2.75, 3.05) is 11.9 Å². The van der Waals surface area contributed by atoms with E-state index in [0.717, 1.165) is 37.8 Å². The highest BCUT2D eigenvalue weighted by Crippen LogP contribution is 2.47. The SMILES string of the molecule is BCCC(C)NC(=C)c1sc(N(/C=N\C)C(SC(C)(C)C(=C)CCC)C(C)C)c2c1CCCC2. The molecule has 0 radical (unpaired) electrons. The number of aliphatic imine (C=N–C) groups is 1. The van der Waals surface area contributed by atoms with Crippen LogP contribution >= 0.6 is 23.1 Å². The molecule has 2 atom stereocenters. The monoisotopic (exact) mass is 501 g/mol. The topological polar surface area (TPSA) is 27.6 Å². The molecule has 3 nitrogen and oxygen atoms in total. The highest BCUT2D eigenvalue weighted by molar-refractivity contribution is 8.01. The highest BCUT2D eigenvalue weighted by atomic mass is 32.2. The standard InChI is InChI=1S/C28H48BN3S2/c1-10-13-20(4)28(7,8)34-26(19(2)3)32(18-30-9)27-24-15-12-11-14-23(24)25(33-27)22(6)31-21(5)16-17-29/h18-19,21,26,31H,4,6,10-17,29H2,1-3,5,7-9H3/b30-18-. The molecule has 0 aliphatic heterocycles. The predicted octanol–water partition coefficient (Wildman–Crippen LogP) is 7.33. The first-order chi connectivity index (χ1) is 16.1. The summed E-state index contributed by atoms with van der Waals surface area (Å²) >= 11 is 3.95. The van der Waals surface area contributed by atoms with Gasteiger partial charge in [0.05, 0.1) is 16.6 Å². The van der Waals surface area contributed by atoms with Crippen LogP contribution in [0.25, 0.3) is 5.70 Å². The molecule has 0 saturated heterocycles. The van der Waals surface area contributed by atoms with E-state index in [1.165, 1.54) is 45.7 Å². The lowest BCUT2D eigenvalue weighted by Gasteiger charge is -2.39. The number of rotatable bonds is 14. The average molecular weight is 502 g/mol. The summed E-state index contributed by atoms with van der Waals surface area (Å²) in [6.45, 7) is 22.8. The molecule has 0 aromatic carbocycles. The van der Waals surface area contributed by atoms with Gasteiger partial charge in [0.2, 0.25) is 0 Å². The largest absolute Gasteiger partial charge is 0.382 e. The Labute approximate surface area is 219 Å². The predicted molar refractivity (Wildman–Crippen MR) is 162 cm³/mol. The van der Waals surface area contributed by atoms with E-state index in [2.05, 4.69) is 84.1 Å². The van der Waals surface area contributed by atoms with Gasteiger partial charge < -0.3 is 10.2 Å². The van der Waals surface area contributed by atoms with E-state index in [0.29, 0.717) is 12.0 Å². The van der Waals surface area contributed by atoms with Gasteiger partial charge in [0.15, 0.2) is 0 Å². The molecule has 1 N–H and O–H groups in total. The zero-order valence-corrected chi connectivity index (χ0v) is 24.7. The van der Waals surface area contributed by atoms with Gasteiger partial charge in [-0.3, -0.25) is 4.99 Å². The zero-order valence-electron chi connectivity index (χ0n) is 23.1. The number of thiophene rings is 1. The minimum Gasteiger partial charge on any atom is -0.382 e. The molecule has 0 fully saturated rings. The van der Waals surface area contributed by atoms with E-state index in [4.69, 9.17) is 0 Å². The Morgan fingerprint density at radius 3 is 2.44 bits per heavy atom. The summed E-state index contributed by atoms with van der Waals surface area (Å²) in [5.74, 6) is 0.465. The van der Waals surface area contributed by atoms with Crippen molar-refractivity contribution in [1.82, 2.24) is 5.32 Å². The number of nitrogens with one attached hydrogen (secondary N) is 1. The summed E-state index contributed by atoms with van der Waals surface area (Å²) in [5, 5.41) is 5.35. The Kier molecular flexibility index (Phi) is 11.3. The van der Waals surface area contributed by atoms with Crippen molar-refractivity contribution < 1.29 is 0 Å². The molecular formula is C28H48BN3S2. The molecule has 0 spiro atoms. The van der Waals surface area contributed by atoms with Crippen molar-refractivity contribution in [3.05, 3.63) is 34.7 Å². The fourth-order valence-corrected chi connectivity index (χ4v) is 7.62. The molecule has 0 amide bonds. The summed E-state index contributed by atoms with van der Waals surface area (Å²) < 4.78 is 0.00562. The molecule has 1 aliphatic rings. The number of hydrogen-bond donors (Lipinski definition) is 1. The van der Waals surface area contributed by atoms with Gasteiger partial charge in [0, 0.05) is 23.5 Å². The van der Waals surface area contributed by atoms with Gasteiger partial charge in [-0.05, 0) is 76.3 Å². The molecule has 2 rings (SSSR count). The first-order valence-corrected chi connectivity index (χ1v) is 14.9. The van der Waals surface area contributed by atoms with Gasteiger partial charge in [-0.2, -0.15) is 0 Å². The van der Waals surface area contributed by atoms with Crippen LogP contribution in [0.1, 0.15) is 89.7 Å². The highest BCUT2D eigenvalue weighted by Gasteiger charge is 2.34. The van der Waals surface area contributed by atoms with Crippen molar-refractivity contribution in [2.24, 2.45) is 10.9 Å². The number of nitrogens with zero attached hydrogens (tertiary/aromatic N) is 2. The number of hydrogen-bond acceptors (Lipinski definition) is 4. The molecule has 2 unspecified atom stereocenters. The fourth-order valence-electron chi connectivity index (χ4n) is 4.79. The Balaban J connectivity index is 2.50. The van der Waals surface area contributed by atoms with Crippen molar-refractivity contribution in [3.63, 3.8) is 0 Å². The third-order valence-corrected chi connectivity index (χ3v) is 9.99. The van der Waals surface area contributed by atoms with Gasteiger partial charge in [-0.1, -0.05) is 52.2 Å². The summed E-state index contributed by atoms with van der Waals surface area (Å²) in [7, 11) is 4.14. The van der Waals surface area contributed by atoms with Crippen LogP contribution in [0, 0.1) is 5.92 Å².